The summed E-state index contributed by atoms with van der Waals surface area (Å²) in [6.07, 6.45) is 4.08. The van der Waals surface area contributed by atoms with Gasteiger partial charge in [0, 0.05) is 51.9 Å². The van der Waals surface area contributed by atoms with E-state index in [1.54, 1.807) is 0 Å². The molecule has 0 bridgehead atoms. The van der Waals surface area contributed by atoms with Crippen molar-refractivity contribution in [2.24, 2.45) is 4.99 Å². The molecule has 2 rings (SSSR count). The summed E-state index contributed by atoms with van der Waals surface area (Å²) >= 11 is 0. The summed E-state index contributed by atoms with van der Waals surface area (Å²) in [6, 6.07) is 11.5. The SMILES string of the molecule is CCCNC(=O)CN1CCC(NC(=NC)NCCC(C)N(C)Cc2ccccc2)CC1. The van der Waals surface area contributed by atoms with Crippen molar-refractivity contribution in [1.29, 1.82) is 0 Å². The van der Waals surface area contributed by atoms with E-state index >= 15 is 0 Å². The number of benzene rings is 1. The summed E-state index contributed by atoms with van der Waals surface area (Å²) in [5.41, 5.74) is 1.34. The lowest BCUT2D eigenvalue weighted by Gasteiger charge is -2.32. The number of hydrogen-bond donors (Lipinski definition) is 3. The van der Waals surface area contributed by atoms with Gasteiger partial charge in [-0.05, 0) is 45.2 Å². The van der Waals surface area contributed by atoms with Crippen molar-refractivity contribution in [1.82, 2.24) is 25.8 Å². The third kappa shape index (κ3) is 9.70. The molecular weight excluding hydrogens is 388 g/mol. The van der Waals surface area contributed by atoms with Crippen LogP contribution in [0.15, 0.2) is 35.3 Å². The van der Waals surface area contributed by atoms with Crippen LogP contribution in [0.1, 0.15) is 45.1 Å². The van der Waals surface area contributed by atoms with Crippen molar-refractivity contribution in [3.8, 4) is 0 Å². The quantitative estimate of drug-likeness (QED) is 0.370. The number of nitrogens with zero attached hydrogens (tertiary/aromatic N) is 3. The molecule has 174 valence electrons. The van der Waals surface area contributed by atoms with E-state index in [-0.39, 0.29) is 5.91 Å². The van der Waals surface area contributed by atoms with Crippen LogP contribution in [0, 0.1) is 0 Å². The van der Waals surface area contributed by atoms with Gasteiger partial charge in [-0.15, -0.1) is 0 Å². The minimum absolute atomic E-state index is 0.136. The largest absolute Gasteiger partial charge is 0.356 e. The van der Waals surface area contributed by atoms with Crippen LogP contribution in [-0.2, 0) is 11.3 Å². The number of nitrogens with one attached hydrogen (secondary N) is 3. The lowest BCUT2D eigenvalue weighted by molar-refractivity contribution is -0.122. The van der Waals surface area contributed by atoms with Crippen LogP contribution in [0.5, 0.6) is 0 Å². The highest BCUT2D eigenvalue weighted by molar-refractivity contribution is 5.80. The Labute approximate surface area is 188 Å². The lowest BCUT2D eigenvalue weighted by atomic mass is 10.1. The smallest absolute Gasteiger partial charge is 0.234 e. The zero-order valence-electron chi connectivity index (χ0n) is 19.9. The number of piperidine rings is 1. The standard InChI is InChI=1S/C24H42N6O/c1-5-14-26-23(31)19-30-16-12-22(13-17-30)28-24(25-3)27-15-11-20(2)29(4)18-21-9-7-6-8-10-21/h6-10,20,22H,5,11-19H2,1-4H3,(H,26,31)(H2,25,27,28). The Hall–Kier alpha value is -2.12. The first kappa shape index (κ1) is 25.1. The first-order valence-corrected chi connectivity index (χ1v) is 11.7. The van der Waals surface area contributed by atoms with Crippen molar-refractivity contribution >= 4 is 11.9 Å². The molecule has 0 radical (unpaired) electrons. The second-order valence-corrected chi connectivity index (χ2v) is 8.58. The molecule has 7 nitrogen and oxygen atoms in total. The van der Waals surface area contributed by atoms with E-state index in [2.05, 4.69) is 82.0 Å². The molecule has 1 aromatic carbocycles. The third-order valence-corrected chi connectivity index (χ3v) is 5.97. The van der Waals surface area contributed by atoms with Gasteiger partial charge in [0.15, 0.2) is 5.96 Å². The number of rotatable bonds is 11. The molecular formula is C24H42N6O. The molecule has 1 atom stereocenters. The molecule has 1 fully saturated rings. The van der Waals surface area contributed by atoms with Crippen LogP contribution in [0.4, 0.5) is 0 Å². The molecule has 1 aromatic rings. The van der Waals surface area contributed by atoms with E-state index in [0.717, 1.165) is 64.4 Å². The van der Waals surface area contributed by atoms with Crippen LogP contribution in [0.2, 0.25) is 0 Å². The van der Waals surface area contributed by atoms with Gasteiger partial charge in [-0.3, -0.25) is 19.6 Å². The van der Waals surface area contributed by atoms with Gasteiger partial charge in [-0.1, -0.05) is 37.3 Å². The Bertz CT molecular complexity index is 657. The molecule has 1 saturated heterocycles. The normalized spacial score (nSPS) is 16.9. The van der Waals surface area contributed by atoms with Crippen LogP contribution in [-0.4, -0.2) is 80.6 Å². The number of carbonyl (C=O) groups is 1. The summed E-state index contributed by atoms with van der Waals surface area (Å²) in [5, 5.41) is 9.98. The molecule has 1 aliphatic heterocycles. The zero-order chi connectivity index (χ0) is 22.5. The Kier molecular flexibility index (Phi) is 11.4. The minimum atomic E-state index is 0.136. The van der Waals surface area contributed by atoms with E-state index in [1.807, 2.05) is 7.05 Å². The second-order valence-electron chi connectivity index (χ2n) is 8.58. The molecule has 1 heterocycles. The third-order valence-electron chi connectivity index (χ3n) is 5.97. The molecule has 0 saturated carbocycles. The predicted octanol–water partition coefficient (Wildman–Crippen LogP) is 2.05. The van der Waals surface area contributed by atoms with E-state index in [0.29, 0.717) is 18.6 Å². The molecule has 0 spiro atoms. The van der Waals surface area contributed by atoms with Gasteiger partial charge >= 0.3 is 0 Å². The van der Waals surface area contributed by atoms with Crippen LogP contribution < -0.4 is 16.0 Å². The fourth-order valence-corrected chi connectivity index (χ4v) is 3.79. The molecule has 1 amide bonds. The number of likely N-dealkylation sites (tertiary alicyclic amines) is 1. The molecule has 1 unspecified atom stereocenters. The topological polar surface area (TPSA) is 72.0 Å². The minimum Gasteiger partial charge on any atom is -0.356 e. The summed E-state index contributed by atoms with van der Waals surface area (Å²) in [4.78, 5) is 20.9. The van der Waals surface area contributed by atoms with E-state index in [9.17, 15) is 4.79 Å². The number of amides is 1. The van der Waals surface area contributed by atoms with Crippen molar-refractivity contribution in [3.05, 3.63) is 35.9 Å². The van der Waals surface area contributed by atoms with Gasteiger partial charge < -0.3 is 16.0 Å². The fourth-order valence-electron chi connectivity index (χ4n) is 3.79. The van der Waals surface area contributed by atoms with Gasteiger partial charge in [0.1, 0.15) is 0 Å². The maximum absolute atomic E-state index is 11.9. The number of aliphatic imine (C=N–C) groups is 1. The average molecular weight is 431 g/mol. The summed E-state index contributed by atoms with van der Waals surface area (Å²) in [7, 11) is 4.01. The number of guanidine groups is 1. The highest BCUT2D eigenvalue weighted by Crippen LogP contribution is 2.10. The molecule has 1 aliphatic rings. The fraction of sp³-hybridized carbons (Fsp3) is 0.667. The van der Waals surface area contributed by atoms with Crippen molar-refractivity contribution in [2.45, 2.75) is 58.2 Å². The Morgan fingerprint density at radius 1 is 1.19 bits per heavy atom. The molecule has 31 heavy (non-hydrogen) atoms. The van der Waals surface area contributed by atoms with Crippen LogP contribution in [0.3, 0.4) is 0 Å². The maximum Gasteiger partial charge on any atom is 0.234 e. The summed E-state index contributed by atoms with van der Waals surface area (Å²) in [6.45, 7) is 9.34. The summed E-state index contributed by atoms with van der Waals surface area (Å²) < 4.78 is 0. The highest BCUT2D eigenvalue weighted by Gasteiger charge is 2.21. The number of carbonyl (C=O) groups excluding carboxylic acids is 1. The van der Waals surface area contributed by atoms with Crippen molar-refractivity contribution < 1.29 is 4.79 Å². The van der Waals surface area contributed by atoms with E-state index in [1.165, 1.54) is 5.56 Å². The zero-order valence-corrected chi connectivity index (χ0v) is 19.9. The first-order valence-electron chi connectivity index (χ1n) is 11.7. The van der Waals surface area contributed by atoms with Crippen LogP contribution in [0.25, 0.3) is 0 Å². The molecule has 3 N–H and O–H groups in total. The van der Waals surface area contributed by atoms with E-state index < -0.39 is 0 Å². The highest BCUT2D eigenvalue weighted by atomic mass is 16.2. The monoisotopic (exact) mass is 430 g/mol. The van der Waals surface area contributed by atoms with Crippen molar-refractivity contribution in [2.75, 3.05) is 46.8 Å². The number of hydrogen-bond acceptors (Lipinski definition) is 4. The Morgan fingerprint density at radius 2 is 1.90 bits per heavy atom. The summed E-state index contributed by atoms with van der Waals surface area (Å²) in [5.74, 6) is 1.01. The Morgan fingerprint density at radius 3 is 2.55 bits per heavy atom. The lowest BCUT2D eigenvalue weighted by Crippen LogP contribution is -2.50. The first-order chi connectivity index (χ1) is 15.0. The Balaban J connectivity index is 1.63. The second kappa shape index (κ2) is 14.0. The molecule has 7 heteroatoms. The molecule has 0 aromatic heterocycles. The van der Waals surface area contributed by atoms with Crippen molar-refractivity contribution in [3.63, 3.8) is 0 Å². The van der Waals surface area contributed by atoms with Gasteiger partial charge in [0.25, 0.3) is 0 Å². The van der Waals surface area contributed by atoms with Gasteiger partial charge in [0.05, 0.1) is 6.54 Å². The van der Waals surface area contributed by atoms with Gasteiger partial charge in [0.2, 0.25) is 5.91 Å². The van der Waals surface area contributed by atoms with Gasteiger partial charge in [-0.2, -0.15) is 0 Å². The molecule has 0 aliphatic carbocycles. The predicted molar refractivity (Wildman–Crippen MR) is 129 cm³/mol. The average Bonchev–Trinajstić information content (AvgIpc) is 2.78. The maximum atomic E-state index is 11.9. The van der Waals surface area contributed by atoms with Gasteiger partial charge in [-0.25, -0.2) is 0 Å². The van der Waals surface area contributed by atoms with Crippen LogP contribution >= 0.6 is 0 Å². The van der Waals surface area contributed by atoms with E-state index in [4.69, 9.17) is 0 Å².